The minimum atomic E-state index is -0.525. The molecular weight excluding hydrogens is 230 g/mol. The Morgan fingerprint density at radius 3 is 2.89 bits per heavy atom. The van der Waals surface area contributed by atoms with Crippen molar-refractivity contribution in [1.29, 1.82) is 0 Å². The summed E-state index contributed by atoms with van der Waals surface area (Å²) in [5.74, 6) is -0.229. The van der Waals surface area contributed by atoms with Gasteiger partial charge in [0.05, 0.1) is 12.1 Å². The highest BCUT2D eigenvalue weighted by atomic mass is 16.5. The molecule has 5 heteroatoms. The largest absolute Gasteiger partial charge is 0.380 e. The van der Waals surface area contributed by atoms with Crippen molar-refractivity contribution >= 4 is 5.91 Å². The van der Waals surface area contributed by atoms with Crippen LogP contribution in [0.2, 0.25) is 0 Å². The third-order valence-corrected chi connectivity index (χ3v) is 4.09. The molecule has 0 saturated heterocycles. The maximum atomic E-state index is 11.7. The zero-order chi connectivity index (χ0) is 13.6. The van der Waals surface area contributed by atoms with Gasteiger partial charge in [-0.15, -0.1) is 0 Å². The lowest BCUT2D eigenvalue weighted by Gasteiger charge is -2.41. The number of nitrogens with one attached hydrogen (secondary N) is 1. The number of carbonyl (C=O) groups is 1. The number of rotatable bonds is 7. The molecule has 0 aromatic carbocycles. The van der Waals surface area contributed by atoms with E-state index in [2.05, 4.69) is 17.3 Å². The van der Waals surface area contributed by atoms with Gasteiger partial charge in [-0.1, -0.05) is 0 Å². The fourth-order valence-corrected chi connectivity index (χ4v) is 2.73. The Balaban J connectivity index is 2.54. The molecule has 0 aromatic heterocycles. The first-order valence-corrected chi connectivity index (χ1v) is 6.82. The number of primary amides is 1. The van der Waals surface area contributed by atoms with Gasteiger partial charge in [0.15, 0.2) is 0 Å². The second kappa shape index (κ2) is 7.07. The van der Waals surface area contributed by atoms with E-state index in [0.29, 0.717) is 6.04 Å². The lowest BCUT2D eigenvalue weighted by Crippen LogP contribution is -2.59. The number of ether oxygens (including phenoxy) is 1. The van der Waals surface area contributed by atoms with Crippen molar-refractivity contribution < 1.29 is 9.53 Å². The summed E-state index contributed by atoms with van der Waals surface area (Å²) in [6.07, 6.45) is 3.79. The van der Waals surface area contributed by atoms with Crippen LogP contribution in [0.3, 0.4) is 0 Å². The van der Waals surface area contributed by atoms with Gasteiger partial charge in [0.25, 0.3) is 0 Å². The van der Waals surface area contributed by atoms with Crippen molar-refractivity contribution in [3.63, 3.8) is 0 Å². The molecular formula is C13H27N3O2. The van der Waals surface area contributed by atoms with E-state index in [1.54, 1.807) is 0 Å². The van der Waals surface area contributed by atoms with Gasteiger partial charge in [-0.3, -0.25) is 4.79 Å². The fraction of sp³-hybridized carbons (Fsp3) is 0.923. The van der Waals surface area contributed by atoms with Gasteiger partial charge < -0.3 is 20.7 Å². The molecule has 0 radical (unpaired) electrons. The van der Waals surface area contributed by atoms with E-state index in [-0.39, 0.29) is 5.91 Å². The molecule has 1 rings (SSSR count). The van der Waals surface area contributed by atoms with Crippen LogP contribution < -0.4 is 11.1 Å². The molecule has 18 heavy (non-hydrogen) atoms. The molecule has 1 aliphatic rings. The van der Waals surface area contributed by atoms with Crippen LogP contribution in [0.1, 0.15) is 32.6 Å². The summed E-state index contributed by atoms with van der Waals surface area (Å²) in [6, 6.07) is 0.402. The Bertz CT molecular complexity index is 273. The minimum Gasteiger partial charge on any atom is -0.380 e. The average molecular weight is 257 g/mol. The van der Waals surface area contributed by atoms with Gasteiger partial charge in [-0.05, 0) is 46.7 Å². The molecule has 1 amide bonds. The molecule has 3 N–H and O–H groups in total. The smallest absolute Gasteiger partial charge is 0.237 e. The number of carbonyl (C=O) groups excluding carboxylic acids is 1. The molecule has 106 valence electrons. The summed E-state index contributed by atoms with van der Waals surface area (Å²) in [7, 11) is 3.92. The summed E-state index contributed by atoms with van der Waals surface area (Å²) >= 11 is 0. The van der Waals surface area contributed by atoms with Crippen molar-refractivity contribution in [3.8, 4) is 0 Å². The van der Waals surface area contributed by atoms with E-state index in [4.69, 9.17) is 10.5 Å². The van der Waals surface area contributed by atoms with Gasteiger partial charge in [0.2, 0.25) is 5.91 Å². The van der Waals surface area contributed by atoms with Crippen LogP contribution in [0.15, 0.2) is 0 Å². The normalized spacial score (nSPS) is 28.6. The van der Waals surface area contributed by atoms with Gasteiger partial charge in [-0.2, -0.15) is 0 Å². The highest BCUT2D eigenvalue weighted by Crippen LogP contribution is 2.30. The van der Waals surface area contributed by atoms with Crippen molar-refractivity contribution in [3.05, 3.63) is 0 Å². The molecule has 0 aromatic rings. The van der Waals surface area contributed by atoms with E-state index in [1.807, 2.05) is 14.0 Å². The van der Waals surface area contributed by atoms with Crippen LogP contribution in [0, 0.1) is 0 Å². The third-order valence-electron chi connectivity index (χ3n) is 4.09. The number of nitrogens with two attached hydrogens (primary N) is 1. The molecule has 0 bridgehead atoms. The van der Waals surface area contributed by atoms with E-state index in [9.17, 15) is 4.79 Å². The molecule has 0 heterocycles. The predicted molar refractivity (Wildman–Crippen MR) is 72.4 cm³/mol. The molecule has 1 saturated carbocycles. The van der Waals surface area contributed by atoms with E-state index >= 15 is 0 Å². The van der Waals surface area contributed by atoms with Gasteiger partial charge >= 0.3 is 0 Å². The third kappa shape index (κ3) is 3.67. The van der Waals surface area contributed by atoms with Gasteiger partial charge in [0.1, 0.15) is 0 Å². The SMILES string of the molecule is CCOCCN(C)C1CCCC(NC)(C(N)=O)C1. The topological polar surface area (TPSA) is 67.6 Å². The Labute approximate surface area is 110 Å². The number of hydrogen-bond donors (Lipinski definition) is 2. The quantitative estimate of drug-likeness (QED) is 0.645. The van der Waals surface area contributed by atoms with Crippen LogP contribution in [0.4, 0.5) is 0 Å². The average Bonchev–Trinajstić information content (AvgIpc) is 2.38. The Kier molecular flexibility index (Phi) is 6.05. The summed E-state index contributed by atoms with van der Waals surface area (Å²) in [5, 5.41) is 3.14. The molecule has 5 nitrogen and oxygen atoms in total. The molecule has 2 unspecified atom stereocenters. The van der Waals surface area contributed by atoms with Crippen molar-refractivity contribution in [2.75, 3.05) is 33.9 Å². The van der Waals surface area contributed by atoms with Crippen LogP contribution in [0.5, 0.6) is 0 Å². The monoisotopic (exact) mass is 257 g/mol. The number of hydrogen-bond acceptors (Lipinski definition) is 4. The van der Waals surface area contributed by atoms with Crippen LogP contribution >= 0.6 is 0 Å². The van der Waals surface area contributed by atoms with E-state index in [0.717, 1.165) is 45.4 Å². The highest BCUT2D eigenvalue weighted by Gasteiger charge is 2.40. The second-order valence-electron chi connectivity index (χ2n) is 5.12. The Morgan fingerprint density at radius 1 is 1.61 bits per heavy atom. The first-order chi connectivity index (χ1) is 8.55. The van der Waals surface area contributed by atoms with Crippen molar-refractivity contribution in [2.24, 2.45) is 5.73 Å². The highest BCUT2D eigenvalue weighted by molar-refractivity contribution is 5.84. The summed E-state index contributed by atoms with van der Waals surface area (Å²) in [4.78, 5) is 13.9. The van der Waals surface area contributed by atoms with Crippen LogP contribution in [-0.2, 0) is 9.53 Å². The molecule has 1 aliphatic carbocycles. The first kappa shape index (κ1) is 15.4. The lowest BCUT2D eigenvalue weighted by molar-refractivity contribution is -0.126. The van der Waals surface area contributed by atoms with Crippen molar-refractivity contribution in [1.82, 2.24) is 10.2 Å². The van der Waals surface area contributed by atoms with Gasteiger partial charge in [0, 0.05) is 19.2 Å². The van der Waals surface area contributed by atoms with Gasteiger partial charge in [-0.25, -0.2) is 0 Å². The molecule has 0 aliphatic heterocycles. The molecule has 0 spiro atoms. The zero-order valence-corrected chi connectivity index (χ0v) is 11.9. The number of likely N-dealkylation sites (N-methyl/N-ethyl adjacent to an activating group) is 2. The summed E-state index contributed by atoms with van der Waals surface area (Å²) < 4.78 is 5.37. The Hall–Kier alpha value is -0.650. The number of amides is 1. The first-order valence-electron chi connectivity index (χ1n) is 6.82. The standard InChI is InChI=1S/C13H27N3O2/c1-4-18-9-8-16(3)11-6-5-7-13(10-11,15-2)12(14)17/h11,15H,4-10H2,1-3H3,(H2,14,17). The van der Waals surface area contributed by atoms with Crippen LogP contribution in [-0.4, -0.2) is 56.2 Å². The fourth-order valence-electron chi connectivity index (χ4n) is 2.73. The predicted octanol–water partition coefficient (Wildman–Crippen LogP) is 0.341. The maximum absolute atomic E-state index is 11.7. The van der Waals surface area contributed by atoms with Crippen molar-refractivity contribution in [2.45, 2.75) is 44.2 Å². The lowest BCUT2D eigenvalue weighted by atomic mass is 9.78. The zero-order valence-electron chi connectivity index (χ0n) is 11.9. The van der Waals surface area contributed by atoms with E-state index in [1.165, 1.54) is 0 Å². The molecule has 1 fully saturated rings. The summed E-state index contributed by atoms with van der Waals surface area (Å²) in [5.41, 5.74) is 5.03. The minimum absolute atomic E-state index is 0.229. The van der Waals surface area contributed by atoms with Crippen LogP contribution in [0.25, 0.3) is 0 Å². The second-order valence-corrected chi connectivity index (χ2v) is 5.12. The van der Waals surface area contributed by atoms with E-state index < -0.39 is 5.54 Å². The summed E-state index contributed by atoms with van der Waals surface area (Å²) in [6.45, 7) is 4.39. The molecule has 2 atom stereocenters. The number of nitrogens with zero attached hydrogens (tertiary/aromatic N) is 1. The Morgan fingerprint density at radius 2 is 2.33 bits per heavy atom. The maximum Gasteiger partial charge on any atom is 0.237 e.